The number of benzene rings is 1. The molecule has 2 saturated carbocycles. The third-order valence-corrected chi connectivity index (χ3v) is 5.22. The molecule has 0 unspecified atom stereocenters. The summed E-state index contributed by atoms with van der Waals surface area (Å²) in [6.45, 7) is 1.51. The van der Waals surface area contributed by atoms with Gasteiger partial charge in [-0.1, -0.05) is 15.9 Å². The van der Waals surface area contributed by atoms with E-state index in [-0.39, 0.29) is 5.41 Å². The minimum atomic E-state index is -0.486. The highest BCUT2D eigenvalue weighted by atomic mass is 79.9. The van der Waals surface area contributed by atoms with Crippen molar-refractivity contribution >= 4 is 15.9 Å². The quantitative estimate of drug-likeness (QED) is 0.908. The molecule has 2 aliphatic carbocycles. The predicted octanol–water partition coefficient (Wildman–Crippen LogP) is 3.07. The first-order chi connectivity index (χ1) is 9.08. The van der Waals surface area contributed by atoms with Crippen molar-refractivity contribution in [2.45, 2.75) is 37.7 Å². The van der Waals surface area contributed by atoms with E-state index >= 15 is 0 Å². The molecule has 1 heterocycles. The van der Waals surface area contributed by atoms with Crippen LogP contribution in [0.2, 0.25) is 0 Å². The largest absolute Gasteiger partial charge is 0.489 e. The zero-order valence-electron chi connectivity index (χ0n) is 10.7. The number of rotatable bonds is 2. The Hall–Kier alpha value is -0.740. The summed E-state index contributed by atoms with van der Waals surface area (Å²) < 4.78 is 12.8. The lowest BCUT2D eigenvalue weighted by atomic mass is 10.1. The molecule has 0 atom stereocenters. The van der Waals surface area contributed by atoms with Gasteiger partial charge in [-0.15, -0.1) is 0 Å². The molecule has 0 bridgehead atoms. The Morgan fingerprint density at radius 1 is 1.05 bits per heavy atom. The monoisotopic (exact) mass is 324 g/mol. The normalized spacial score (nSPS) is 24.9. The number of hydrogen-bond acceptors (Lipinski definition) is 3. The van der Waals surface area contributed by atoms with E-state index in [1.807, 2.05) is 12.1 Å². The molecule has 0 saturated heterocycles. The van der Waals surface area contributed by atoms with Crippen LogP contribution in [0.4, 0.5) is 0 Å². The third kappa shape index (κ3) is 2.25. The van der Waals surface area contributed by atoms with E-state index in [0.29, 0.717) is 6.42 Å². The van der Waals surface area contributed by atoms with Gasteiger partial charge in [0, 0.05) is 16.3 Å². The summed E-state index contributed by atoms with van der Waals surface area (Å²) in [5.41, 5.74) is 0.884. The molecule has 1 aliphatic heterocycles. The van der Waals surface area contributed by atoms with Crippen LogP contribution in [0.1, 0.15) is 31.2 Å². The third-order valence-electron chi connectivity index (χ3n) is 4.48. The van der Waals surface area contributed by atoms with Crippen LogP contribution >= 0.6 is 15.9 Å². The first-order valence-electron chi connectivity index (χ1n) is 6.88. The fraction of sp³-hybridized carbons (Fsp3) is 0.600. The van der Waals surface area contributed by atoms with E-state index in [1.165, 1.54) is 12.8 Å². The molecule has 1 N–H and O–H groups in total. The number of aliphatic hydroxyl groups is 1. The summed E-state index contributed by atoms with van der Waals surface area (Å²) in [4.78, 5) is 0. The first kappa shape index (κ1) is 12.0. The van der Waals surface area contributed by atoms with Gasteiger partial charge in [0.05, 0.1) is 18.8 Å². The molecule has 0 radical (unpaired) electrons. The predicted molar refractivity (Wildman–Crippen MR) is 74.7 cm³/mol. The second-order valence-corrected chi connectivity index (χ2v) is 7.22. The smallest absolute Gasteiger partial charge is 0.162 e. The fourth-order valence-corrected chi connectivity index (χ4v) is 3.05. The topological polar surface area (TPSA) is 38.7 Å². The minimum absolute atomic E-state index is 0.264. The number of hydrogen-bond donors (Lipinski definition) is 1. The van der Waals surface area contributed by atoms with E-state index in [9.17, 15) is 5.11 Å². The van der Waals surface area contributed by atoms with E-state index in [1.54, 1.807) is 0 Å². The SMILES string of the molecule is OC1(Cc2cc3c(cc2Br)OCC2(CC2)CO3)CC1. The van der Waals surface area contributed by atoms with Gasteiger partial charge in [-0.25, -0.2) is 0 Å². The van der Waals surface area contributed by atoms with Crippen molar-refractivity contribution in [2.24, 2.45) is 5.41 Å². The average molecular weight is 325 g/mol. The molecule has 1 spiro atoms. The summed E-state index contributed by atoms with van der Waals surface area (Å²) in [5.74, 6) is 1.65. The molecule has 1 aromatic rings. The molecule has 4 rings (SSSR count). The highest BCUT2D eigenvalue weighted by Gasteiger charge is 2.46. The summed E-state index contributed by atoms with van der Waals surface area (Å²) in [6, 6.07) is 4.01. The van der Waals surface area contributed by atoms with Crippen LogP contribution in [0.15, 0.2) is 16.6 Å². The van der Waals surface area contributed by atoms with Crippen LogP contribution < -0.4 is 9.47 Å². The molecule has 1 aromatic carbocycles. The molecule has 0 aromatic heterocycles. The summed E-state index contributed by atoms with van der Waals surface area (Å²) in [6.07, 6.45) is 4.90. The van der Waals surface area contributed by atoms with Gasteiger partial charge >= 0.3 is 0 Å². The van der Waals surface area contributed by atoms with Gasteiger partial charge in [-0.3, -0.25) is 0 Å². The van der Waals surface area contributed by atoms with Gasteiger partial charge in [0.1, 0.15) is 0 Å². The fourth-order valence-electron chi connectivity index (χ4n) is 2.58. The lowest BCUT2D eigenvalue weighted by molar-refractivity contribution is 0.150. The standard InChI is InChI=1S/C15H17BrO3/c16-11-6-13-12(5-10(11)7-15(17)3-4-15)18-8-14(1-2-14)9-19-13/h5-6,17H,1-4,7-9H2. The summed E-state index contributed by atoms with van der Waals surface area (Å²) in [7, 11) is 0. The van der Waals surface area contributed by atoms with Crippen LogP contribution in [0.3, 0.4) is 0 Å². The van der Waals surface area contributed by atoms with Crippen molar-refractivity contribution in [3.05, 3.63) is 22.2 Å². The lowest BCUT2D eigenvalue weighted by Gasteiger charge is -2.13. The number of ether oxygens (including phenoxy) is 2. The number of fused-ring (bicyclic) bond motifs is 1. The van der Waals surface area contributed by atoms with Gasteiger partial charge in [-0.05, 0) is 43.4 Å². The van der Waals surface area contributed by atoms with E-state index < -0.39 is 5.60 Å². The van der Waals surface area contributed by atoms with Gasteiger partial charge in [0.25, 0.3) is 0 Å². The Labute approximate surface area is 121 Å². The molecule has 19 heavy (non-hydrogen) atoms. The Balaban J connectivity index is 1.63. The molecule has 3 nitrogen and oxygen atoms in total. The Morgan fingerprint density at radius 3 is 2.26 bits per heavy atom. The first-order valence-corrected chi connectivity index (χ1v) is 7.67. The molecule has 102 valence electrons. The second-order valence-electron chi connectivity index (χ2n) is 6.37. The van der Waals surface area contributed by atoms with Crippen molar-refractivity contribution in [1.29, 1.82) is 0 Å². The van der Waals surface area contributed by atoms with Crippen molar-refractivity contribution in [2.75, 3.05) is 13.2 Å². The van der Waals surface area contributed by atoms with Gasteiger partial charge in [0.15, 0.2) is 11.5 Å². The molecular weight excluding hydrogens is 308 g/mol. The van der Waals surface area contributed by atoms with Crippen molar-refractivity contribution in [1.82, 2.24) is 0 Å². The highest BCUT2D eigenvalue weighted by Crippen LogP contribution is 2.50. The summed E-state index contributed by atoms with van der Waals surface area (Å²) in [5, 5.41) is 10.1. The van der Waals surface area contributed by atoms with E-state index in [2.05, 4.69) is 15.9 Å². The van der Waals surface area contributed by atoms with Crippen molar-refractivity contribution < 1.29 is 14.6 Å². The van der Waals surface area contributed by atoms with Crippen LogP contribution in [-0.2, 0) is 6.42 Å². The molecule has 0 amide bonds. The molecule has 4 heteroatoms. The van der Waals surface area contributed by atoms with Crippen LogP contribution in [0.5, 0.6) is 11.5 Å². The average Bonchev–Trinajstić information content (AvgIpc) is 3.27. The zero-order valence-corrected chi connectivity index (χ0v) is 12.3. The van der Waals surface area contributed by atoms with Crippen molar-refractivity contribution in [3.8, 4) is 11.5 Å². The Kier molecular flexibility index (Phi) is 2.46. The molecular formula is C15H17BrO3. The molecule has 2 fully saturated rings. The van der Waals surface area contributed by atoms with Crippen LogP contribution in [-0.4, -0.2) is 23.9 Å². The van der Waals surface area contributed by atoms with E-state index in [0.717, 1.165) is 47.6 Å². The van der Waals surface area contributed by atoms with Crippen LogP contribution in [0, 0.1) is 5.41 Å². The zero-order chi connectivity index (χ0) is 13.1. The molecule has 3 aliphatic rings. The maximum Gasteiger partial charge on any atom is 0.162 e. The highest BCUT2D eigenvalue weighted by molar-refractivity contribution is 9.10. The minimum Gasteiger partial charge on any atom is -0.489 e. The lowest BCUT2D eigenvalue weighted by Crippen LogP contribution is -2.17. The Morgan fingerprint density at radius 2 is 1.68 bits per heavy atom. The summed E-state index contributed by atoms with van der Waals surface area (Å²) >= 11 is 3.58. The van der Waals surface area contributed by atoms with Crippen molar-refractivity contribution in [3.63, 3.8) is 0 Å². The maximum atomic E-state index is 10.1. The van der Waals surface area contributed by atoms with Crippen LogP contribution in [0.25, 0.3) is 0 Å². The van der Waals surface area contributed by atoms with E-state index in [4.69, 9.17) is 9.47 Å². The maximum absolute atomic E-state index is 10.1. The van der Waals surface area contributed by atoms with Gasteiger partial charge < -0.3 is 14.6 Å². The number of halogens is 1. The van der Waals surface area contributed by atoms with Gasteiger partial charge in [-0.2, -0.15) is 0 Å². The second kappa shape index (κ2) is 3.89. The Bertz CT molecular complexity index is 532. The van der Waals surface area contributed by atoms with Gasteiger partial charge in [0.2, 0.25) is 0 Å².